The molecule has 1 aromatic carbocycles. The molecule has 1 heterocycles. The third-order valence-electron chi connectivity index (χ3n) is 2.67. The molecule has 1 N–H and O–H groups in total. The topological polar surface area (TPSA) is 86.2 Å². The van der Waals surface area contributed by atoms with E-state index in [4.69, 9.17) is 9.47 Å². The molecule has 0 unspecified atom stereocenters. The van der Waals surface area contributed by atoms with Gasteiger partial charge >= 0.3 is 12.0 Å². The number of aromatic nitrogens is 3. The maximum absolute atomic E-state index is 13.7. The van der Waals surface area contributed by atoms with Crippen molar-refractivity contribution in [2.24, 2.45) is 0 Å². The number of para-hydroxylation sites is 1. The van der Waals surface area contributed by atoms with Crippen molar-refractivity contribution in [2.75, 3.05) is 26.6 Å². The maximum Gasteiger partial charge on any atom is 0.323 e. The van der Waals surface area contributed by atoms with Gasteiger partial charge in [0.1, 0.15) is 5.82 Å². The number of nitrogens with one attached hydrogen (secondary N) is 1. The van der Waals surface area contributed by atoms with Gasteiger partial charge in [0.2, 0.25) is 11.6 Å². The molecule has 0 aliphatic rings. The number of halogens is 1. The molecule has 7 nitrogen and oxygen atoms in total. The number of hydrogen-bond donors (Lipinski definition) is 1. The second-order valence-electron chi connectivity index (χ2n) is 3.87. The summed E-state index contributed by atoms with van der Waals surface area (Å²) in [6, 6.07) is 4.02. The summed E-state index contributed by atoms with van der Waals surface area (Å²) in [6.45, 7) is 0. The first kappa shape index (κ1) is 14.6. The van der Waals surface area contributed by atoms with Gasteiger partial charge in [-0.1, -0.05) is 6.07 Å². The number of methoxy groups -OCH3 is 2. The van der Waals surface area contributed by atoms with Crippen LogP contribution in [0.1, 0.15) is 16.2 Å². The summed E-state index contributed by atoms with van der Waals surface area (Å²) in [5, 5.41) is 2.64. The van der Waals surface area contributed by atoms with E-state index in [9.17, 15) is 9.18 Å². The third kappa shape index (κ3) is 2.88. The van der Waals surface area contributed by atoms with Crippen molar-refractivity contribution < 1.29 is 18.7 Å². The lowest BCUT2D eigenvalue weighted by Crippen LogP contribution is -2.13. The van der Waals surface area contributed by atoms with Crippen LogP contribution in [-0.4, -0.2) is 42.0 Å². The molecule has 0 amide bonds. The highest BCUT2D eigenvalue weighted by Crippen LogP contribution is 2.22. The van der Waals surface area contributed by atoms with E-state index in [1.54, 1.807) is 0 Å². The first-order chi connectivity index (χ1) is 10.1. The van der Waals surface area contributed by atoms with Gasteiger partial charge in [0, 0.05) is 7.05 Å². The molecule has 2 rings (SSSR count). The zero-order chi connectivity index (χ0) is 15.4. The lowest BCUT2D eigenvalue weighted by molar-refractivity contribution is 0.102. The molecule has 0 spiro atoms. The SMILES string of the molecule is CNc1c(F)cccc1C(=O)c1nc(OC)nc(OC)n1. The molecular weight excluding hydrogens is 279 g/mol. The van der Waals surface area contributed by atoms with Crippen molar-refractivity contribution in [3.63, 3.8) is 0 Å². The molecular formula is C13H13FN4O3. The molecule has 2 aromatic rings. The summed E-state index contributed by atoms with van der Waals surface area (Å²) in [5.74, 6) is -1.31. The van der Waals surface area contributed by atoms with E-state index in [-0.39, 0.29) is 29.1 Å². The number of carbonyl (C=O) groups is 1. The van der Waals surface area contributed by atoms with Crippen molar-refractivity contribution in [1.82, 2.24) is 15.0 Å². The lowest BCUT2D eigenvalue weighted by atomic mass is 10.1. The molecule has 110 valence electrons. The van der Waals surface area contributed by atoms with E-state index in [0.717, 1.165) is 0 Å². The Morgan fingerprint density at radius 1 is 1.14 bits per heavy atom. The number of benzene rings is 1. The van der Waals surface area contributed by atoms with E-state index in [1.165, 1.54) is 39.5 Å². The highest BCUT2D eigenvalue weighted by atomic mass is 19.1. The molecule has 1 aromatic heterocycles. The predicted octanol–water partition coefficient (Wildman–Crippen LogP) is 1.30. The van der Waals surface area contributed by atoms with Crippen LogP contribution in [-0.2, 0) is 0 Å². The molecule has 0 saturated heterocycles. The summed E-state index contributed by atoms with van der Waals surface area (Å²) in [7, 11) is 4.22. The Balaban J connectivity index is 2.52. The van der Waals surface area contributed by atoms with Gasteiger partial charge in [-0.25, -0.2) is 4.39 Å². The van der Waals surface area contributed by atoms with Crippen molar-refractivity contribution in [3.05, 3.63) is 35.4 Å². The van der Waals surface area contributed by atoms with Crippen LogP contribution in [0.3, 0.4) is 0 Å². The monoisotopic (exact) mass is 292 g/mol. The number of anilines is 1. The number of hydrogen-bond acceptors (Lipinski definition) is 7. The maximum atomic E-state index is 13.7. The molecule has 0 aliphatic carbocycles. The van der Waals surface area contributed by atoms with E-state index >= 15 is 0 Å². The van der Waals surface area contributed by atoms with Crippen molar-refractivity contribution in [3.8, 4) is 12.0 Å². The van der Waals surface area contributed by atoms with Crippen molar-refractivity contribution in [1.29, 1.82) is 0 Å². The van der Waals surface area contributed by atoms with Crippen LogP contribution in [0.25, 0.3) is 0 Å². The van der Waals surface area contributed by atoms with Gasteiger partial charge in [-0.3, -0.25) is 4.79 Å². The minimum atomic E-state index is -0.571. The van der Waals surface area contributed by atoms with Crippen molar-refractivity contribution >= 4 is 11.5 Å². The summed E-state index contributed by atoms with van der Waals surface area (Å²) in [5.41, 5.74) is 0.175. The third-order valence-corrected chi connectivity index (χ3v) is 2.67. The van der Waals surface area contributed by atoms with Crippen LogP contribution < -0.4 is 14.8 Å². The Morgan fingerprint density at radius 3 is 2.29 bits per heavy atom. The first-order valence-electron chi connectivity index (χ1n) is 5.95. The molecule has 0 fully saturated rings. The highest BCUT2D eigenvalue weighted by Gasteiger charge is 2.20. The Kier molecular flexibility index (Phi) is 4.27. The molecule has 8 heteroatoms. The van der Waals surface area contributed by atoms with E-state index in [1.807, 2.05) is 0 Å². The largest absolute Gasteiger partial charge is 0.467 e. The van der Waals surface area contributed by atoms with E-state index in [0.29, 0.717) is 0 Å². The van der Waals surface area contributed by atoms with Gasteiger partial charge in [0.15, 0.2) is 0 Å². The quantitative estimate of drug-likeness (QED) is 0.831. The zero-order valence-electron chi connectivity index (χ0n) is 11.7. The minimum Gasteiger partial charge on any atom is -0.467 e. The second kappa shape index (κ2) is 6.12. The normalized spacial score (nSPS) is 10.1. The summed E-state index contributed by atoms with van der Waals surface area (Å²) in [4.78, 5) is 24.0. The van der Waals surface area contributed by atoms with E-state index < -0.39 is 11.6 Å². The van der Waals surface area contributed by atoms with Crippen LogP contribution in [0.15, 0.2) is 18.2 Å². The summed E-state index contributed by atoms with van der Waals surface area (Å²) >= 11 is 0. The fourth-order valence-corrected chi connectivity index (χ4v) is 1.71. The Bertz CT molecular complexity index is 656. The number of nitrogens with zero attached hydrogens (tertiary/aromatic N) is 3. The van der Waals surface area contributed by atoms with Crippen molar-refractivity contribution in [2.45, 2.75) is 0 Å². The van der Waals surface area contributed by atoms with Gasteiger partial charge in [0.25, 0.3) is 0 Å². The molecule has 0 atom stereocenters. The predicted molar refractivity (Wildman–Crippen MR) is 72.3 cm³/mol. The van der Waals surface area contributed by atoms with Crippen LogP contribution in [0.5, 0.6) is 12.0 Å². The molecule has 0 bridgehead atoms. The molecule has 0 radical (unpaired) electrons. The fourth-order valence-electron chi connectivity index (χ4n) is 1.71. The smallest absolute Gasteiger partial charge is 0.323 e. The van der Waals surface area contributed by atoms with Crippen LogP contribution in [0.2, 0.25) is 0 Å². The number of rotatable bonds is 5. The van der Waals surface area contributed by atoms with Crippen LogP contribution in [0.4, 0.5) is 10.1 Å². The van der Waals surface area contributed by atoms with Crippen LogP contribution >= 0.6 is 0 Å². The Morgan fingerprint density at radius 2 is 1.76 bits per heavy atom. The summed E-state index contributed by atoms with van der Waals surface area (Å²) < 4.78 is 23.5. The van der Waals surface area contributed by atoms with Gasteiger partial charge in [-0.2, -0.15) is 9.97 Å². The fraction of sp³-hybridized carbons (Fsp3) is 0.231. The molecule has 0 saturated carbocycles. The zero-order valence-corrected chi connectivity index (χ0v) is 11.7. The number of carbonyl (C=O) groups excluding carboxylic acids is 1. The average molecular weight is 292 g/mol. The van der Waals surface area contributed by atoms with E-state index in [2.05, 4.69) is 20.3 Å². The second-order valence-corrected chi connectivity index (χ2v) is 3.87. The number of ketones is 1. The van der Waals surface area contributed by atoms with Gasteiger partial charge < -0.3 is 14.8 Å². The highest BCUT2D eigenvalue weighted by molar-refractivity contribution is 6.10. The Labute approximate surface area is 120 Å². The Hall–Kier alpha value is -2.77. The average Bonchev–Trinajstić information content (AvgIpc) is 2.53. The summed E-state index contributed by atoms with van der Waals surface area (Å²) in [6.07, 6.45) is 0. The first-order valence-corrected chi connectivity index (χ1v) is 5.95. The minimum absolute atomic E-state index is 0.0624. The van der Waals surface area contributed by atoms with Gasteiger partial charge in [-0.15, -0.1) is 4.98 Å². The lowest BCUT2D eigenvalue weighted by Gasteiger charge is -2.09. The standard InChI is InChI=1S/C13H13FN4O3/c1-15-9-7(5-4-6-8(9)14)10(19)11-16-12(20-2)18-13(17-11)21-3/h4-6,15H,1-3H3. The van der Waals surface area contributed by atoms with Crippen LogP contribution in [0, 0.1) is 5.82 Å². The number of ether oxygens (including phenoxy) is 2. The van der Waals surface area contributed by atoms with Gasteiger partial charge in [0.05, 0.1) is 25.5 Å². The van der Waals surface area contributed by atoms with Gasteiger partial charge in [-0.05, 0) is 12.1 Å². The molecule has 21 heavy (non-hydrogen) atoms. The molecule has 0 aliphatic heterocycles.